The van der Waals surface area contributed by atoms with Gasteiger partial charge in [-0.1, -0.05) is 0 Å². The third kappa shape index (κ3) is 6.07. The molecule has 2 aliphatic rings. The summed E-state index contributed by atoms with van der Waals surface area (Å²) in [4.78, 5) is 48.8. The van der Waals surface area contributed by atoms with Crippen molar-refractivity contribution in [2.24, 2.45) is 0 Å². The number of aromatic nitrogens is 2. The van der Waals surface area contributed by atoms with Crippen molar-refractivity contribution in [1.82, 2.24) is 14.9 Å². The minimum atomic E-state index is -0.477. The Kier molecular flexibility index (Phi) is 8.88. The number of ether oxygens (including phenoxy) is 3. The first kappa shape index (κ1) is 27.7. The highest BCUT2D eigenvalue weighted by atomic mass is 16.5. The number of rotatable bonds is 9. The van der Waals surface area contributed by atoms with Crippen molar-refractivity contribution >= 4 is 29.9 Å². The highest BCUT2D eigenvalue weighted by Gasteiger charge is 2.31. The van der Waals surface area contributed by atoms with Gasteiger partial charge in [0.15, 0.2) is 6.29 Å². The van der Waals surface area contributed by atoms with Gasteiger partial charge < -0.3 is 19.1 Å². The first-order chi connectivity index (χ1) is 18.9. The molecule has 2 aliphatic heterocycles. The number of pyridine rings is 2. The number of carbonyl (C=O) groups is 2. The minimum Gasteiger partial charge on any atom is -0.487 e. The summed E-state index contributed by atoms with van der Waals surface area (Å²) in [6.45, 7) is 3.43. The van der Waals surface area contributed by atoms with Crippen LogP contribution in [0.3, 0.4) is 0 Å². The van der Waals surface area contributed by atoms with Gasteiger partial charge in [0.2, 0.25) is 0 Å². The summed E-state index contributed by atoms with van der Waals surface area (Å²) >= 11 is 0. The van der Waals surface area contributed by atoms with E-state index in [4.69, 9.17) is 14.2 Å². The van der Waals surface area contributed by atoms with Crippen LogP contribution in [0.1, 0.15) is 46.9 Å². The molecule has 1 N–H and O–H groups in total. The maximum absolute atomic E-state index is 13.3. The van der Waals surface area contributed by atoms with Gasteiger partial charge in [0.1, 0.15) is 58.6 Å². The molecular formula is C27H30N6O6. The Balaban J connectivity index is 1.55. The van der Waals surface area contributed by atoms with Crippen LogP contribution < -0.4 is 15.0 Å². The number of anilines is 2. The number of hydrogen-bond acceptors (Lipinski definition) is 10. The van der Waals surface area contributed by atoms with Gasteiger partial charge >= 0.3 is 6.03 Å². The lowest BCUT2D eigenvalue weighted by atomic mass is 10.0. The molecular weight excluding hydrogens is 504 g/mol. The highest BCUT2D eigenvalue weighted by molar-refractivity contribution is 6.01. The Bertz CT molecular complexity index is 1330. The van der Waals surface area contributed by atoms with E-state index in [2.05, 4.69) is 15.3 Å². The molecule has 12 nitrogen and oxygen atoms in total. The molecule has 4 rings (SSSR count). The van der Waals surface area contributed by atoms with Gasteiger partial charge in [-0.15, -0.1) is 0 Å². The Morgan fingerprint density at radius 3 is 2.85 bits per heavy atom. The van der Waals surface area contributed by atoms with Crippen molar-refractivity contribution in [3.05, 3.63) is 46.4 Å². The monoisotopic (exact) mass is 534 g/mol. The molecule has 2 amide bonds. The van der Waals surface area contributed by atoms with Gasteiger partial charge in [0.25, 0.3) is 0 Å². The lowest BCUT2D eigenvalue weighted by Crippen LogP contribution is -2.40. The van der Waals surface area contributed by atoms with Crippen molar-refractivity contribution in [2.45, 2.75) is 44.9 Å². The Morgan fingerprint density at radius 2 is 2.15 bits per heavy atom. The molecule has 2 atom stereocenters. The fraction of sp³-hybridized carbons (Fsp3) is 0.444. The number of carbonyl (C=O) groups excluding carboxylic acids is 3. The summed E-state index contributed by atoms with van der Waals surface area (Å²) in [5, 5.41) is 12.1. The van der Waals surface area contributed by atoms with E-state index in [9.17, 15) is 19.6 Å². The van der Waals surface area contributed by atoms with Crippen LogP contribution in [-0.4, -0.2) is 79.3 Å². The normalized spacial score (nSPS) is 17.2. The molecule has 2 aromatic rings. The average molecular weight is 535 g/mol. The Hall–Kier alpha value is -4.30. The van der Waals surface area contributed by atoms with E-state index < -0.39 is 6.03 Å². The van der Waals surface area contributed by atoms with Crippen molar-refractivity contribution in [1.29, 1.82) is 5.26 Å². The summed E-state index contributed by atoms with van der Waals surface area (Å²) in [5.74, 6) is 2.84. The molecule has 0 aromatic carbocycles. The van der Waals surface area contributed by atoms with Gasteiger partial charge in [-0.3, -0.25) is 15.0 Å². The van der Waals surface area contributed by atoms with Crippen LogP contribution in [0.5, 0.6) is 5.75 Å². The molecule has 0 bridgehead atoms. The fourth-order valence-electron chi connectivity index (χ4n) is 4.80. The number of nitrogens with one attached hydrogen (secondary N) is 1. The van der Waals surface area contributed by atoms with Crippen LogP contribution in [0, 0.1) is 11.3 Å². The number of aldehydes is 1. The molecule has 0 spiro atoms. The van der Waals surface area contributed by atoms with E-state index in [1.807, 2.05) is 23.0 Å². The maximum Gasteiger partial charge on any atom is 0.328 e. The van der Waals surface area contributed by atoms with E-state index in [-0.39, 0.29) is 35.0 Å². The molecule has 39 heavy (non-hydrogen) atoms. The largest absolute Gasteiger partial charge is 0.487 e. The number of nitrogens with zero attached hydrogens (tertiary/aromatic N) is 5. The second-order valence-electron chi connectivity index (χ2n) is 9.30. The van der Waals surface area contributed by atoms with E-state index in [1.54, 1.807) is 21.1 Å². The first-order valence-electron chi connectivity index (χ1n) is 12.6. The van der Waals surface area contributed by atoms with Crippen LogP contribution >= 0.6 is 0 Å². The molecule has 1 unspecified atom stereocenters. The fourth-order valence-corrected chi connectivity index (χ4v) is 4.80. The first-order valence-corrected chi connectivity index (χ1v) is 12.6. The predicted molar refractivity (Wildman–Crippen MR) is 140 cm³/mol. The van der Waals surface area contributed by atoms with Crippen LogP contribution in [-0.2, 0) is 27.2 Å². The zero-order valence-corrected chi connectivity index (χ0v) is 22.1. The average Bonchev–Trinajstić information content (AvgIpc) is 3.34. The van der Waals surface area contributed by atoms with Crippen molar-refractivity contribution < 1.29 is 28.6 Å². The topological polar surface area (TPSA) is 147 Å². The van der Waals surface area contributed by atoms with Gasteiger partial charge in [0.05, 0.1) is 12.8 Å². The van der Waals surface area contributed by atoms with Gasteiger partial charge in [0, 0.05) is 45.5 Å². The van der Waals surface area contributed by atoms with Crippen molar-refractivity contribution in [2.75, 3.05) is 44.1 Å². The molecule has 0 radical (unpaired) electrons. The molecule has 0 aliphatic carbocycles. The number of methoxy groups -OCH3 is 2. The van der Waals surface area contributed by atoms with Crippen molar-refractivity contribution in [3.8, 4) is 11.8 Å². The third-order valence-corrected chi connectivity index (χ3v) is 6.64. The number of aryl methyl sites for hydroxylation is 1. The Morgan fingerprint density at radius 1 is 1.33 bits per heavy atom. The highest BCUT2D eigenvalue weighted by Crippen LogP contribution is 2.31. The van der Waals surface area contributed by atoms with Gasteiger partial charge in [-0.05, 0) is 37.8 Å². The van der Waals surface area contributed by atoms with Crippen LogP contribution in [0.4, 0.5) is 16.4 Å². The number of hydrogen-bond donors (Lipinski definition) is 1. The lowest BCUT2D eigenvalue weighted by Gasteiger charge is -2.29. The number of amides is 2. The smallest absolute Gasteiger partial charge is 0.328 e. The van der Waals surface area contributed by atoms with E-state index >= 15 is 0 Å². The van der Waals surface area contributed by atoms with Gasteiger partial charge in [-0.25, -0.2) is 19.6 Å². The number of urea groups is 1. The number of likely N-dealkylation sites (tertiary alicyclic amines) is 1. The summed E-state index contributed by atoms with van der Waals surface area (Å²) in [7, 11) is 3.10. The second-order valence-corrected chi connectivity index (χ2v) is 9.30. The van der Waals surface area contributed by atoms with E-state index in [0.717, 1.165) is 5.56 Å². The molecule has 0 saturated carbocycles. The Labute approximate surface area is 226 Å². The SMILES string of the molecule is COCC(C)Oc1cc(NC(=O)N2CCCc3cc(CN4CC[C@@H](OC)C4=C=O)c(C=O)nc32)ncc1C#N. The quantitative estimate of drug-likeness (QED) is 0.376. The zero-order valence-electron chi connectivity index (χ0n) is 22.1. The lowest BCUT2D eigenvalue weighted by molar-refractivity contribution is 0.0919. The maximum atomic E-state index is 13.3. The third-order valence-electron chi connectivity index (χ3n) is 6.64. The number of fused-ring (bicyclic) bond motifs is 1. The second kappa shape index (κ2) is 12.5. The van der Waals surface area contributed by atoms with E-state index in [1.165, 1.54) is 17.2 Å². The van der Waals surface area contributed by atoms with Crippen molar-refractivity contribution in [3.63, 3.8) is 0 Å². The molecule has 1 fully saturated rings. The molecule has 12 heteroatoms. The van der Waals surface area contributed by atoms with Gasteiger partial charge in [-0.2, -0.15) is 5.26 Å². The van der Waals surface area contributed by atoms with Crippen LogP contribution in [0.25, 0.3) is 0 Å². The minimum absolute atomic E-state index is 0.193. The standard InChI is InChI=1S/C27H30N6O6/c1-17(16-37-2)39-24-10-25(29-12-20(24)11-28)31-27(36)33-7-4-5-18-9-19(21(14-34)30-26(18)33)13-32-8-6-23(38-3)22(32)15-35/h9-10,12,14,17,23H,4-8,13,16H2,1-3H3,(H,29,31,36)/t17?,23-/m1/s1. The molecule has 204 valence electrons. The zero-order chi connectivity index (χ0) is 27.9. The van der Waals surface area contributed by atoms with Crippen LogP contribution in [0.2, 0.25) is 0 Å². The van der Waals surface area contributed by atoms with E-state index in [0.29, 0.717) is 68.9 Å². The van der Waals surface area contributed by atoms with Crippen LogP contribution in [0.15, 0.2) is 24.0 Å². The summed E-state index contributed by atoms with van der Waals surface area (Å²) < 4.78 is 16.2. The summed E-state index contributed by atoms with van der Waals surface area (Å²) in [6, 6.07) is 4.91. The summed E-state index contributed by atoms with van der Waals surface area (Å²) in [5.41, 5.74) is 2.32. The predicted octanol–water partition coefficient (Wildman–Crippen LogP) is 2.50. The number of nitriles is 1. The molecule has 1 saturated heterocycles. The molecule has 4 heterocycles. The summed E-state index contributed by atoms with van der Waals surface area (Å²) in [6.07, 6.45) is 3.38. The molecule has 2 aromatic heterocycles.